The second-order valence-electron chi connectivity index (χ2n) is 9.30. The Morgan fingerprint density at radius 1 is 1.20 bits per heavy atom. The predicted octanol–water partition coefficient (Wildman–Crippen LogP) is 3.72. The van der Waals surface area contributed by atoms with Crippen LogP contribution < -0.4 is 11.1 Å². The number of nitrogens with one attached hydrogen (secondary N) is 1. The van der Waals surface area contributed by atoms with Crippen LogP contribution >= 0.6 is 0 Å². The van der Waals surface area contributed by atoms with Gasteiger partial charge in [0.1, 0.15) is 0 Å². The number of hydrogen-bond acceptors (Lipinski definition) is 5. The number of anilines is 1. The van der Waals surface area contributed by atoms with E-state index in [0.29, 0.717) is 36.9 Å². The number of fused-ring (bicyclic) bond motifs is 1. The fraction of sp³-hybridized carbons (Fsp3) is 0.409. The average molecular weight is 499 g/mol. The molecule has 3 fully saturated rings. The van der Waals surface area contributed by atoms with Gasteiger partial charge in [0.05, 0.1) is 11.9 Å². The maximum atomic E-state index is 14.1. The Bertz CT molecular complexity index is 1350. The first kappa shape index (κ1) is 23.4. The zero-order valence-corrected chi connectivity index (χ0v) is 18.1. The number of hydrogen-bond donors (Lipinski definition) is 3. The lowest BCUT2D eigenvalue weighted by Gasteiger charge is -2.62. The lowest BCUT2D eigenvalue weighted by molar-refractivity contribution is -0.259. The summed E-state index contributed by atoms with van der Waals surface area (Å²) >= 11 is 0. The molecule has 1 unspecified atom stereocenters. The molecule has 1 aromatic carbocycles. The minimum Gasteiger partial charge on any atom is -0.381 e. The van der Waals surface area contributed by atoms with Crippen LogP contribution in [0.25, 0.3) is 16.9 Å². The summed E-state index contributed by atoms with van der Waals surface area (Å²) in [4.78, 5) is 20.0. The Balaban J connectivity index is 1.63. The molecule has 0 saturated heterocycles. The quantitative estimate of drug-likeness (QED) is 0.475. The van der Waals surface area contributed by atoms with Crippen molar-refractivity contribution in [2.75, 3.05) is 5.73 Å². The first-order chi connectivity index (χ1) is 16.1. The lowest BCUT2D eigenvalue weighted by Crippen LogP contribution is -2.71. The normalized spacial score (nSPS) is 23.4. The third kappa shape index (κ3) is 3.43. The van der Waals surface area contributed by atoms with E-state index >= 15 is 0 Å². The van der Waals surface area contributed by atoms with Crippen molar-refractivity contribution in [3.05, 3.63) is 47.4 Å². The van der Waals surface area contributed by atoms with E-state index in [4.69, 9.17) is 5.73 Å². The number of imidazole rings is 1. The van der Waals surface area contributed by atoms with Gasteiger partial charge in [-0.15, -0.1) is 0 Å². The SMILES string of the molecule is Cc1ccc(C(O)(C(=O)NC23CC(C2)C3)C(F)(F)F)cc1-c1cnc2c(N)nc(C(F)(F)F)cn12. The van der Waals surface area contributed by atoms with E-state index in [1.165, 1.54) is 13.0 Å². The van der Waals surface area contributed by atoms with Crippen LogP contribution in [0.5, 0.6) is 0 Å². The van der Waals surface area contributed by atoms with E-state index in [9.17, 15) is 36.2 Å². The van der Waals surface area contributed by atoms with Gasteiger partial charge in [0, 0.05) is 22.9 Å². The van der Waals surface area contributed by atoms with E-state index in [0.717, 1.165) is 22.7 Å². The molecule has 13 heteroatoms. The van der Waals surface area contributed by atoms with Gasteiger partial charge >= 0.3 is 12.4 Å². The third-order valence-electron chi connectivity index (χ3n) is 6.90. The fourth-order valence-electron chi connectivity index (χ4n) is 4.86. The van der Waals surface area contributed by atoms with Gasteiger partial charge in [-0.25, -0.2) is 9.97 Å². The molecule has 2 bridgehead atoms. The second-order valence-corrected chi connectivity index (χ2v) is 9.30. The Labute approximate surface area is 194 Å². The highest BCUT2D eigenvalue weighted by molar-refractivity contribution is 5.89. The molecule has 3 aliphatic carbocycles. The van der Waals surface area contributed by atoms with Crippen LogP contribution in [0.3, 0.4) is 0 Å². The summed E-state index contributed by atoms with van der Waals surface area (Å²) in [6.45, 7) is 1.52. The number of amides is 1. The van der Waals surface area contributed by atoms with E-state index in [1.54, 1.807) is 0 Å². The van der Waals surface area contributed by atoms with Crippen molar-refractivity contribution in [3.63, 3.8) is 0 Å². The Hall–Kier alpha value is -3.35. The highest BCUT2D eigenvalue weighted by Gasteiger charge is 2.65. The minimum atomic E-state index is -5.37. The molecular weight excluding hydrogens is 480 g/mol. The molecule has 0 spiro atoms. The molecule has 4 N–H and O–H groups in total. The van der Waals surface area contributed by atoms with Crippen LogP contribution in [-0.4, -0.2) is 37.1 Å². The number of benzene rings is 1. The van der Waals surface area contributed by atoms with E-state index in [2.05, 4.69) is 15.3 Å². The van der Waals surface area contributed by atoms with Crippen molar-refractivity contribution in [3.8, 4) is 11.3 Å². The average Bonchev–Trinajstić information content (AvgIpc) is 3.12. The number of aryl methyl sites for hydroxylation is 1. The number of nitrogen functional groups attached to an aromatic ring is 1. The molecule has 2 heterocycles. The predicted molar refractivity (Wildman–Crippen MR) is 111 cm³/mol. The number of carbonyl (C=O) groups is 1. The molecule has 0 aliphatic heterocycles. The summed E-state index contributed by atoms with van der Waals surface area (Å²) in [5.74, 6) is -1.74. The van der Waals surface area contributed by atoms with Gasteiger partial charge in [0.25, 0.3) is 11.5 Å². The van der Waals surface area contributed by atoms with Crippen LogP contribution in [0.1, 0.15) is 36.1 Å². The van der Waals surface area contributed by atoms with Gasteiger partial charge in [-0.2, -0.15) is 26.3 Å². The van der Waals surface area contributed by atoms with E-state index < -0.39 is 46.5 Å². The lowest BCUT2D eigenvalue weighted by atomic mass is 9.50. The number of nitrogens with zero attached hydrogens (tertiary/aromatic N) is 3. The highest BCUT2D eigenvalue weighted by atomic mass is 19.4. The van der Waals surface area contributed by atoms with Crippen molar-refractivity contribution in [2.45, 2.75) is 49.7 Å². The van der Waals surface area contributed by atoms with Crippen molar-refractivity contribution < 1.29 is 36.2 Å². The van der Waals surface area contributed by atoms with Gasteiger partial charge < -0.3 is 16.2 Å². The Morgan fingerprint density at radius 3 is 2.40 bits per heavy atom. The van der Waals surface area contributed by atoms with Crippen LogP contribution in [0.15, 0.2) is 30.6 Å². The fourth-order valence-corrected chi connectivity index (χ4v) is 4.86. The number of rotatable bonds is 4. The molecule has 7 nitrogen and oxygen atoms in total. The van der Waals surface area contributed by atoms with Gasteiger partial charge in [-0.3, -0.25) is 9.20 Å². The van der Waals surface area contributed by atoms with Crippen LogP contribution in [0.2, 0.25) is 0 Å². The summed E-state index contributed by atoms with van der Waals surface area (Å²) in [5.41, 5.74) is -0.841. The van der Waals surface area contributed by atoms with Crippen molar-refractivity contribution in [2.24, 2.45) is 5.92 Å². The van der Waals surface area contributed by atoms with Crippen molar-refractivity contribution in [1.29, 1.82) is 0 Å². The molecule has 35 heavy (non-hydrogen) atoms. The van der Waals surface area contributed by atoms with Crippen molar-refractivity contribution in [1.82, 2.24) is 19.7 Å². The zero-order chi connectivity index (χ0) is 25.6. The number of alkyl halides is 6. The highest BCUT2D eigenvalue weighted by Crippen LogP contribution is 2.57. The summed E-state index contributed by atoms with van der Waals surface area (Å²) in [6.07, 6.45) is -6.76. The van der Waals surface area contributed by atoms with Gasteiger partial charge in [0.15, 0.2) is 17.2 Å². The molecule has 1 atom stereocenters. The number of nitrogens with two attached hydrogens (primary N) is 1. The molecule has 6 rings (SSSR count). The first-order valence-corrected chi connectivity index (χ1v) is 10.6. The molecule has 0 radical (unpaired) electrons. The smallest absolute Gasteiger partial charge is 0.381 e. The monoisotopic (exact) mass is 499 g/mol. The maximum Gasteiger partial charge on any atom is 0.434 e. The topological polar surface area (TPSA) is 106 Å². The minimum absolute atomic E-state index is 0.0229. The Kier molecular flexibility index (Phi) is 4.74. The molecule has 186 valence electrons. The van der Waals surface area contributed by atoms with E-state index in [-0.39, 0.29) is 16.9 Å². The summed E-state index contributed by atoms with van der Waals surface area (Å²) < 4.78 is 83.2. The van der Waals surface area contributed by atoms with E-state index in [1.807, 2.05) is 0 Å². The molecule has 2 aromatic heterocycles. The third-order valence-corrected chi connectivity index (χ3v) is 6.90. The largest absolute Gasteiger partial charge is 0.434 e. The second kappa shape index (κ2) is 7.09. The van der Waals surface area contributed by atoms with Crippen LogP contribution in [0, 0.1) is 12.8 Å². The summed E-state index contributed by atoms with van der Waals surface area (Å²) in [6, 6.07) is 3.14. The van der Waals surface area contributed by atoms with Crippen molar-refractivity contribution >= 4 is 17.4 Å². The summed E-state index contributed by atoms with van der Waals surface area (Å²) in [7, 11) is 0. The molecule has 3 saturated carbocycles. The maximum absolute atomic E-state index is 14.1. The number of carbonyl (C=O) groups excluding carboxylic acids is 1. The molecule has 1 amide bonds. The number of aliphatic hydroxyl groups is 1. The Morgan fingerprint density at radius 2 is 1.86 bits per heavy atom. The van der Waals surface area contributed by atoms with Crippen LogP contribution in [0.4, 0.5) is 32.2 Å². The number of halogens is 6. The van der Waals surface area contributed by atoms with Gasteiger partial charge in [-0.05, 0) is 43.7 Å². The zero-order valence-electron chi connectivity index (χ0n) is 18.1. The van der Waals surface area contributed by atoms with Crippen LogP contribution in [-0.2, 0) is 16.6 Å². The van der Waals surface area contributed by atoms with Gasteiger partial charge in [0.2, 0.25) is 0 Å². The summed E-state index contributed by atoms with van der Waals surface area (Å²) in [5, 5.41) is 13.1. The number of aromatic nitrogens is 3. The molecule has 3 aliphatic rings. The standard InChI is InChI=1S/C22H19F6N5O2/c1-10-2-3-12(20(35,22(26,27)28)18(34)32-19-5-11(6-19)7-19)4-13(10)14-8-30-17-16(29)31-15(9-33(14)17)21(23,24)25/h2-4,8-9,11,35H,5-7H2,1H3,(H2,29,31)(H,32,34). The van der Waals surface area contributed by atoms with Gasteiger partial charge in [-0.1, -0.05) is 12.1 Å². The first-order valence-electron chi connectivity index (χ1n) is 10.6. The molecule has 3 aromatic rings. The molecular formula is C22H19F6N5O2.